The number of rotatable bonds is 6. The third kappa shape index (κ3) is 3.90. The maximum atomic E-state index is 13.6. The van der Waals surface area contributed by atoms with Crippen molar-refractivity contribution >= 4 is 28.8 Å². The van der Waals surface area contributed by atoms with E-state index in [0.717, 1.165) is 30.8 Å². The number of benzene rings is 2. The molecule has 9 nitrogen and oxygen atoms in total. The first kappa shape index (κ1) is 21.3. The van der Waals surface area contributed by atoms with E-state index in [1.165, 1.54) is 17.0 Å². The number of nitrogens with zero attached hydrogens (tertiary/aromatic N) is 4. The van der Waals surface area contributed by atoms with Crippen LogP contribution in [0.5, 0.6) is 0 Å². The number of nitro benzene ring substituents is 1. The van der Waals surface area contributed by atoms with Crippen LogP contribution in [-0.2, 0) is 20.7 Å². The lowest BCUT2D eigenvalue weighted by molar-refractivity contribution is -0.384. The van der Waals surface area contributed by atoms with Crippen molar-refractivity contribution in [1.29, 1.82) is 0 Å². The first-order valence-corrected chi connectivity index (χ1v) is 11.1. The average molecular weight is 448 g/mol. The van der Waals surface area contributed by atoms with Gasteiger partial charge in [0.2, 0.25) is 0 Å². The van der Waals surface area contributed by atoms with Crippen molar-refractivity contribution in [2.45, 2.75) is 6.42 Å². The number of para-hydroxylation sites is 1. The minimum Gasteiger partial charge on any atom is -0.379 e. The van der Waals surface area contributed by atoms with E-state index in [-0.39, 0.29) is 24.0 Å². The third-order valence-electron chi connectivity index (χ3n) is 6.41. The van der Waals surface area contributed by atoms with E-state index in [9.17, 15) is 19.7 Å². The second kappa shape index (κ2) is 8.76. The molecule has 0 saturated carbocycles. The van der Waals surface area contributed by atoms with Gasteiger partial charge in [-0.15, -0.1) is 0 Å². The SMILES string of the molecule is O=C1C(c2ccc([N+](=O)[O-])cc2)=C(N2CCc3ccccc32)C(=O)N1CCN1CCOCC1. The van der Waals surface area contributed by atoms with Crippen LogP contribution in [0.1, 0.15) is 11.1 Å². The number of anilines is 1. The van der Waals surface area contributed by atoms with E-state index in [4.69, 9.17) is 4.74 Å². The molecule has 170 valence electrons. The minimum atomic E-state index is -0.480. The lowest BCUT2D eigenvalue weighted by atomic mass is 10.0. The Morgan fingerprint density at radius 2 is 1.64 bits per heavy atom. The molecule has 0 atom stereocenters. The number of ether oxygens (including phenoxy) is 1. The number of hydrogen-bond acceptors (Lipinski definition) is 7. The summed E-state index contributed by atoms with van der Waals surface area (Å²) >= 11 is 0. The fraction of sp³-hybridized carbons (Fsp3) is 0.333. The van der Waals surface area contributed by atoms with Crippen molar-refractivity contribution in [2.75, 3.05) is 50.8 Å². The molecule has 0 aromatic heterocycles. The van der Waals surface area contributed by atoms with Crippen LogP contribution in [0.3, 0.4) is 0 Å². The van der Waals surface area contributed by atoms with Gasteiger partial charge in [-0.1, -0.05) is 18.2 Å². The summed E-state index contributed by atoms with van der Waals surface area (Å²) in [6, 6.07) is 13.7. The van der Waals surface area contributed by atoms with E-state index in [1.54, 1.807) is 12.1 Å². The molecule has 0 aliphatic carbocycles. The van der Waals surface area contributed by atoms with Gasteiger partial charge in [0, 0.05) is 50.5 Å². The molecule has 0 spiro atoms. The second-order valence-corrected chi connectivity index (χ2v) is 8.27. The van der Waals surface area contributed by atoms with Gasteiger partial charge in [-0.25, -0.2) is 0 Å². The lowest BCUT2D eigenvalue weighted by Crippen LogP contribution is -2.44. The summed E-state index contributed by atoms with van der Waals surface area (Å²) in [5.74, 6) is -0.681. The summed E-state index contributed by atoms with van der Waals surface area (Å²) in [5, 5.41) is 11.1. The summed E-state index contributed by atoms with van der Waals surface area (Å²) in [6.45, 7) is 4.29. The highest BCUT2D eigenvalue weighted by Crippen LogP contribution is 2.38. The first-order chi connectivity index (χ1) is 16.0. The Bertz CT molecular complexity index is 1140. The number of fused-ring (bicyclic) bond motifs is 1. The third-order valence-corrected chi connectivity index (χ3v) is 6.41. The fourth-order valence-electron chi connectivity index (χ4n) is 4.66. The number of imide groups is 1. The van der Waals surface area contributed by atoms with Crippen LogP contribution < -0.4 is 4.90 Å². The maximum absolute atomic E-state index is 13.6. The molecule has 3 aliphatic rings. The van der Waals surface area contributed by atoms with Gasteiger partial charge in [0.05, 0.1) is 23.7 Å². The second-order valence-electron chi connectivity index (χ2n) is 8.27. The highest BCUT2D eigenvalue weighted by molar-refractivity contribution is 6.36. The topological polar surface area (TPSA) is 96.2 Å². The number of nitro groups is 1. The summed E-state index contributed by atoms with van der Waals surface area (Å²) in [4.78, 5) is 43.1. The van der Waals surface area contributed by atoms with Crippen molar-refractivity contribution in [3.05, 3.63) is 75.5 Å². The van der Waals surface area contributed by atoms with Gasteiger partial charge in [-0.05, 0) is 35.7 Å². The molecule has 3 heterocycles. The maximum Gasteiger partial charge on any atom is 0.278 e. The van der Waals surface area contributed by atoms with Crippen LogP contribution in [0.25, 0.3) is 5.57 Å². The first-order valence-electron chi connectivity index (χ1n) is 11.1. The molecule has 33 heavy (non-hydrogen) atoms. The van der Waals surface area contributed by atoms with Gasteiger partial charge in [0.25, 0.3) is 17.5 Å². The number of non-ortho nitro benzene ring substituents is 1. The Morgan fingerprint density at radius 3 is 2.36 bits per heavy atom. The van der Waals surface area contributed by atoms with Crippen LogP contribution in [0.15, 0.2) is 54.2 Å². The zero-order chi connectivity index (χ0) is 22.9. The lowest BCUT2D eigenvalue weighted by Gasteiger charge is -2.28. The highest BCUT2D eigenvalue weighted by atomic mass is 16.6. The van der Waals surface area contributed by atoms with Gasteiger partial charge < -0.3 is 9.64 Å². The standard InChI is InChI=1S/C24H24N4O5/c29-23-21(18-5-7-19(8-6-18)28(31)32)22(26-10-9-17-3-1-2-4-20(17)26)24(30)27(23)12-11-25-13-15-33-16-14-25/h1-8H,9-16H2. The Kier molecular flexibility index (Phi) is 5.65. The quantitative estimate of drug-likeness (QED) is 0.379. The molecule has 0 N–H and O–H groups in total. The Balaban J connectivity index is 1.50. The van der Waals surface area contributed by atoms with Gasteiger partial charge in [0.1, 0.15) is 5.70 Å². The van der Waals surface area contributed by atoms with Crippen molar-refractivity contribution in [3.63, 3.8) is 0 Å². The van der Waals surface area contributed by atoms with Gasteiger partial charge in [0.15, 0.2) is 0 Å². The number of morpholine rings is 1. The summed E-state index contributed by atoms with van der Waals surface area (Å²) in [7, 11) is 0. The van der Waals surface area contributed by atoms with Crippen molar-refractivity contribution in [3.8, 4) is 0 Å². The van der Waals surface area contributed by atoms with Gasteiger partial charge in [-0.3, -0.25) is 29.5 Å². The number of carbonyl (C=O) groups is 2. The zero-order valence-electron chi connectivity index (χ0n) is 18.1. The monoisotopic (exact) mass is 448 g/mol. The predicted molar refractivity (Wildman–Crippen MR) is 121 cm³/mol. The highest BCUT2D eigenvalue weighted by Gasteiger charge is 2.43. The molecule has 2 aromatic rings. The summed E-state index contributed by atoms with van der Waals surface area (Å²) < 4.78 is 5.38. The van der Waals surface area contributed by atoms with Crippen molar-refractivity contribution in [1.82, 2.24) is 9.80 Å². The molecule has 0 radical (unpaired) electrons. The molecule has 0 bridgehead atoms. The molecule has 2 aromatic carbocycles. The average Bonchev–Trinajstić information content (AvgIpc) is 3.36. The molecule has 5 rings (SSSR count). The van der Waals surface area contributed by atoms with Crippen LogP contribution in [0, 0.1) is 10.1 Å². The van der Waals surface area contributed by atoms with E-state index in [2.05, 4.69) is 4.90 Å². The molecule has 0 unspecified atom stereocenters. The van der Waals surface area contributed by atoms with Crippen molar-refractivity contribution in [2.24, 2.45) is 0 Å². The predicted octanol–water partition coefficient (Wildman–Crippen LogP) is 2.07. The molecule has 3 aliphatic heterocycles. The Hall–Kier alpha value is -3.56. The van der Waals surface area contributed by atoms with Gasteiger partial charge >= 0.3 is 0 Å². The fourth-order valence-corrected chi connectivity index (χ4v) is 4.66. The van der Waals surface area contributed by atoms with Crippen molar-refractivity contribution < 1.29 is 19.2 Å². The number of amides is 2. The van der Waals surface area contributed by atoms with E-state index in [0.29, 0.717) is 43.1 Å². The molecule has 2 amide bonds. The Morgan fingerprint density at radius 1 is 0.909 bits per heavy atom. The summed E-state index contributed by atoms with van der Waals surface area (Å²) in [6.07, 6.45) is 0.780. The Labute approximate surface area is 191 Å². The largest absolute Gasteiger partial charge is 0.379 e. The van der Waals surface area contributed by atoms with Gasteiger partial charge in [-0.2, -0.15) is 0 Å². The molecular weight excluding hydrogens is 424 g/mol. The molecule has 1 saturated heterocycles. The minimum absolute atomic E-state index is 0.0617. The molecular formula is C24H24N4O5. The normalized spacial score (nSPS) is 18.9. The van der Waals surface area contributed by atoms with Crippen LogP contribution in [0.4, 0.5) is 11.4 Å². The molecule has 1 fully saturated rings. The van der Waals surface area contributed by atoms with E-state index >= 15 is 0 Å². The molecule has 9 heteroatoms. The van der Waals surface area contributed by atoms with Crippen LogP contribution >= 0.6 is 0 Å². The summed E-state index contributed by atoms with van der Waals surface area (Å²) in [5.41, 5.74) is 3.14. The van der Waals surface area contributed by atoms with E-state index < -0.39 is 4.92 Å². The zero-order valence-corrected chi connectivity index (χ0v) is 18.1. The smallest absolute Gasteiger partial charge is 0.278 e. The van der Waals surface area contributed by atoms with Crippen LogP contribution in [0.2, 0.25) is 0 Å². The van der Waals surface area contributed by atoms with E-state index in [1.807, 2.05) is 29.2 Å². The van der Waals surface area contributed by atoms with Crippen LogP contribution in [-0.4, -0.2) is 72.5 Å². The number of carbonyl (C=O) groups excluding carboxylic acids is 2. The number of hydrogen-bond donors (Lipinski definition) is 0.